The Morgan fingerprint density at radius 1 is 1.43 bits per heavy atom. The molecule has 122 valence electrons. The molecule has 1 aromatic heterocycles. The maximum atomic E-state index is 12.6. The molecule has 2 unspecified atom stereocenters. The van der Waals surface area contributed by atoms with E-state index in [4.69, 9.17) is 4.74 Å². The van der Waals surface area contributed by atoms with Crippen LogP contribution in [0.3, 0.4) is 0 Å². The van der Waals surface area contributed by atoms with E-state index in [0.717, 1.165) is 35.4 Å². The predicted molar refractivity (Wildman–Crippen MR) is 90.1 cm³/mol. The third kappa shape index (κ3) is 2.74. The summed E-state index contributed by atoms with van der Waals surface area (Å²) >= 11 is 1.67. The van der Waals surface area contributed by atoms with Gasteiger partial charge in [-0.2, -0.15) is 0 Å². The minimum atomic E-state index is -0.552. The van der Waals surface area contributed by atoms with Gasteiger partial charge in [0.05, 0.1) is 7.11 Å². The number of hydrogen-bond acceptors (Lipinski definition) is 5. The van der Waals surface area contributed by atoms with E-state index in [1.165, 1.54) is 12.0 Å². The van der Waals surface area contributed by atoms with Crippen molar-refractivity contribution in [1.29, 1.82) is 0 Å². The van der Waals surface area contributed by atoms with Gasteiger partial charge in [0.1, 0.15) is 5.92 Å². The lowest BCUT2D eigenvalue weighted by atomic mass is 9.74. The van der Waals surface area contributed by atoms with Crippen LogP contribution in [0.5, 0.6) is 0 Å². The van der Waals surface area contributed by atoms with E-state index >= 15 is 0 Å². The number of carbonyl (C=O) groups excluding carboxylic acids is 2. The summed E-state index contributed by atoms with van der Waals surface area (Å²) in [6.45, 7) is 6.13. The number of methoxy groups -OCH3 is 1. The van der Waals surface area contributed by atoms with E-state index in [9.17, 15) is 9.59 Å². The molecule has 0 aromatic carbocycles. The maximum Gasteiger partial charge on any atom is 0.315 e. The van der Waals surface area contributed by atoms with E-state index in [-0.39, 0.29) is 17.7 Å². The lowest BCUT2D eigenvalue weighted by Crippen LogP contribution is -2.40. The molecule has 1 aliphatic carbocycles. The topological polar surface area (TPSA) is 55.4 Å². The van der Waals surface area contributed by atoms with Gasteiger partial charge < -0.3 is 10.1 Å². The molecule has 1 aliphatic heterocycles. The average Bonchev–Trinajstić information content (AvgIpc) is 3.02. The second-order valence-electron chi connectivity index (χ2n) is 5.96. The number of ketones is 1. The Kier molecular flexibility index (Phi) is 4.39. The van der Waals surface area contributed by atoms with Gasteiger partial charge in [0.25, 0.3) is 0 Å². The number of thiophene rings is 1. The summed E-state index contributed by atoms with van der Waals surface area (Å²) in [7, 11) is 1.38. The van der Waals surface area contributed by atoms with Gasteiger partial charge in [-0.15, -0.1) is 11.3 Å². The summed E-state index contributed by atoms with van der Waals surface area (Å²) in [5.74, 6) is -1.03. The molecule has 1 N–H and O–H groups in total. The molecular formula is C18H21NO3S. The Bertz CT molecular complexity index is 701. The molecular weight excluding hydrogens is 310 g/mol. The van der Waals surface area contributed by atoms with E-state index < -0.39 is 5.92 Å². The Hall–Kier alpha value is -1.88. The van der Waals surface area contributed by atoms with E-state index in [1.54, 1.807) is 11.3 Å². The zero-order valence-corrected chi connectivity index (χ0v) is 14.3. The van der Waals surface area contributed by atoms with Crippen LogP contribution >= 0.6 is 11.3 Å². The number of ether oxygens (including phenoxy) is 1. The molecule has 4 nitrogen and oxygen atoms in total. The van der Waals surface area contributed by atoms with Crippen LogP contribution in [0, 0.1) is 5.92 Å². The number of carbonyl (C=O) groups is 2. The van der Waals surface area contributed by atoms with Crippen LogP contribution in [0.1, 0.15) is 41.9 Å². The number of hydrogen-bond donors (Lipinski definition) is 1. The highest BCUT2D eigenvalue weighted by Crippen LogP contribution is 2.46. The Labute approximate surface area is 140 Å². The quantitative estimate of drug-likeness (QED) is 0.864. The number of aryl methyl sites for hydroxylation is 1. The van der Waals surface area contributed by atoms with Crippen molar-refractivity contribution < 1.29 is 14.3 Å². The summed E-state index contributed by atoms with van der Waals surface area (Å²) in [6.07, 6.45) is 3.16. The molecule has 2 atom stereocenters. The van der Waals surface area contributed by atoms with Crippen molar-refractivity contribution in [3.05, 3.63) is 45.4 Å². The summed E-state index contributed by atoms with van der Waals surface area (Å²) in [4.78, 5) is 27.2. The lowest BCUT2D eigenvalue weighted by molar-refractivity contribution is -0.144. The third-order valence-corrected chi connectivity index (χ3v) is 5.89. The minimum absolute atomic E-state index is 0.136. The molecule has 23 heavy (non-hydrogen) atoms. The Morgan fingerprint density at radius 3 is 2.87 bits per heavy atom. The van der Waals surface area contributed by atoms with Gasteiger partial charge in [-0.1, -0.05) is 13.5 Å². The first-order chi connectivity index (χ1) is 11.1. The first kappa shape index (κ1) is 16.0. The predicted octanol–water partition coefficient (Wildman–Crippen LogP) is 3.31. The molecule has 0 saturated carbocycles. The fourth-order valence-corrected chi connectivity index (χ4v) is 4.56. The summed E-state index contributed by atoms with van der Waals surface area (Å²) < 4.78 is 4.99. The van der Waals surface area contributed by atoms with Crippen LogP contribution in [0.2, 0.25) is 0 Å². The van der Waals surface area contributed by atoms with Gasteiger partial charge in [-0.3, -0.25) is 9.59 Å². The summed E-state index contributed by atoms with van der Waals surface area (Å²) in [5.41, 5.74) is 2.31. The van der Waals surface area contributed by atoms with Crippen molar-refractivity contribution >= 4 is 23.1 Å². The van der Waals surface area contributed by atoms with Crippen molar-refractivity contribution in [3.63, 3.8) is 0 Å². The van der Waals surface area contributed by atoms with Crippen LogP contribution in [0.4, 0.5) is 0 Å². The molecule has 5 heteroatoms. The molecule has 0 saturated heterocycles. The number of rotatable bonds is 3. The van der Waals surface area contributed by atoms with Crippen molar-refractivity contribution in [1.82, 2.24) is 5.32 Å². The van der Waals surface area contributed by atoms with E-state index in [1.807, 2.05) is 6.07 Å². The van der Waals surface area contributed by atoms with Crippen molar-refractivity contribution in [3.8, 4) is 0 Å². The van der Waals surface area contributed by atoms with Crippen molar-refractivity contribution in [2.45, 2.75) is 38.5 Å². The smallest absolute Gasteiger partial charge is 0.315 e. The highest BCUT2D eigenvalue weighted by Gasteiger charge is 2.44. The van der Waals surface area contributed by atoms with Crippen LogP contribution in [0.25, 0.3) is 0 Å². The molecule has 2 aliphatic rings. The fraction of sp³-hybridized carbons (Fsp3) is 0.444. The van der Waals surface area contributed by atoms with Gasteiger partial charge in [0.2, 0.25) is 0 Å². The van der Waals surface area contributed by atoms with Gasteiger partial charge >= 0.3 is 5.97 Å². The largest absolute Gasteiger partial charge is 0.468 e. The van der Waals surface area contributed by atoms with Crippen LogP contribution < -0.4 is 5.32 Å². The van der Waals surface area contributed by atoms with Crippen LogP contribution in [-0.4, -0.2) is 18.9 Å². The highest BCUT2D eigenvalue weighted by molar-refractivity contribution is 7.12. The van der Waals surface area contributed by atoms with E-state index in [2.05, 4.69) is 24.9 Å². The second-order valence-corrected chi connectivity index (χ2v) is 7.16. The molecule has 0 radical (unpaired) electrons. The first-order valence-corrected chi connectivity index (χ1v) is 8.77. The second kappa shape index (κ2) is 6.32. The monoisotopic (exact) mass is 331 g/mol. The first-order valence-electron chi connectivity index (χ1n) is 7.95. The SMILES string of the molecule is C=C1NC2=C(C(=O)CCC2)C(c2ccc(CC)s2)C1C(=O)OC. The summed E-state index contributed by atoms with van der Waals surface area (Å²) in [6, 6.07) is 4.11. The van der Waals surface area contributed by atoms with Gasteiger partial charge in [-0.25, -0.2) is 0 Å². The minimum Gasteiger partial charge on any atom is -0.468 e. The van der Waals surface area contributed by atoms with Gasteiger partial charge in [0.15, 0.2) is 5.78 Å². The molecule has 0 amide bonds. The van der Waals surface area contributed by atoms with Crippen LogP contribution in [-0.2, 0) is 20.7 Å². The standard InChI is InChI=1S/C18H21NO3S/c1-4-11-8-9-14(23-11)17-15(18(21)22-3)10(2)19-12-6-5-7-13(20)16(12)17/h8-9,15,17,19H,2,4-7H2,1,3H3. The van der Waals surface area contributed by atoms with Crippen LogP contribution in [0.15, 0.2) is 35.7 Å². The molecule has 1 aromatic rings. The van der Waals surface area contributed by atoms with Gasteiger partial charge in [0, 0.05) is 39.1 Å². The fourth-order valence-electron chi connectivity index (χ4n) is 3.46. The zero-order valence-electron chi connectivity index (χ0n) is 13.5. The Morgan fingerprint density at radius 2 is 2.22 bits per heavy atom. The average molecular weight is 331 g/mol. The van der Waals surface area contributed by atoms with Crippen molar-refractivity contribution in [2.75, 3.05) is 7.11 Å². The molecule has 3 rings (SSSR count). The summed E-state index contributed by atoms with van der Waals surface area (Å²) in [5, 5.41) is 3.20. The van der Waals surface area contributed by atoms with E-state index in [0.29, 0.717) is 12.1 Å². The molecule has 0 bridgehead atoms. The number of esters is 1. The lowest BCUT2D eigenvalue weighted by Gasteiger charge is -2.37. The van der Waals surface area contributed by atoms with Gasteiger partial charge in [-0.05, 0) is 31.4 Å². The molecule has 0 spiro atoms. The maximum absolute atomic E-state index is 12.6. The number of nitrogens with one attached hydrogen (secondary N) is 1. The molecule has 0 fully saturated rings. The molecule has 2 heterocycles. The highest BCUT2D eigenvalue weighted by atomic mass is 32.1. The zero-order chi connectivity index (χ0) is 16.6. The number of allylic oxidation sites excluding steroid dienone is 2. The third-order valence-electron chi connectivity index (χ3n) is 4.58. The van der Waals surface area contributed by atoms with Crippen molar-refractivity contribution in [2.24, 2.45) is 5.92 Å². The number of Topliss-reactive ketones (excluding diaryl/α,β-unsaturated/α-hetero) is 1. The normalized spacial score (nSPS) is 24.3. The Balaban J connectivity index is 2.14.